The fourth-order valence-corrected chi connectivity index (χ4v) is 4.11. The van der Waals surface area contributed by atoms with Crippen LogP contribution in [0.4, 0.5) is 5.88 Å². The smallest absolute Gasteiger partial charge is 0.232 e. The van der Waals surface area contributed by atoms with Gasteiger partial charge in [-0.1, -0.05) is 41.4 Å². The number of terminal acetylenes is 1. The van der Waals surface area contributed by atoms with Gasteiger partial charge in [0.05, 0.1) is 18.3 Å². The summed E-state index contributed by atoms with van der Waals surface area (Å²) in [7, 11) is 1.70. The van der Waals surface area contributed by atoms with E-state index in [1.165, 1.54) is 6.42 Å². The quantitative estimate of drug-likeness (QED) is 0.378. The second-order valence-electron chi connectivity index (χ2n) is 8.18. The van der Waals surface area contributed by atoms with Crippen LogP contribution >= 0.6 is 0 Å². The molecule has 1 unspecified atom stereocenters. The molecule has 0 radical (unpaired) electrons. The summed E-state index contributed by atoms with van der Waals surface area (Å²) in [6.07, 6.45) is 9.03. The van der Waals surface area contributed by atoms with Crippen molar-refractivity contribution in [2.75, 3.05) is 58.0 Å². The molecule has 2 heterocycles. The summed E-state index contributed by atoms with van der Waals surface area (Å²) in [5, 5.41) is 15.0. The number of benzene rings is 1. The molecule has 1 N–H and O–H groups in total. The molecule has 1 aliphatic rings. The average Bonchev–Trinajstić information content (AvgIpc) is 3.24. The van der Waals surface area contributed by atoms with Gasteiger partial charge in [0.25, 0.3) is 0 Å². The number of methoxy groups -OCH3 is 1. The van der Waals surface area contributed by atoms with Gasteiger partial charge in [0.1, 0.15) is 12.3 Å². The number of piperidine rings is 1. The van der Waals surface area contributed by atoms with Crippen LogP contribution < -0.4 is 4.90 Å². The summed E-state index contributed by atoms with van der Waals surface area (Å²) in [5.74, 6) is 3.28. The third-order valence-corrected chi connectivity index (χ3v) is 5.63. The highest BCUT2D eigenvalue weighted by Crippen LogP contribution is 2.33. The third kappa shape index (κ3) is 7.07. The van der Waals surface area contributed by atoms with Crippen LogP contribution in [0.15, 0.2) is 34.9 Å². The van der Waals surface area contributed by atoms with Crippen LogP contribution in [0.1, 0.15) is 31.2 Å². The summed E-state index contributed by atoms with van der Waals surface area (Å²) in [4.78, 5) is 4.52. The first kappa shape index (κ1) is 24.3. The van der Waals surface area contributed by atoms with E-state index in [0.717, 1.165) is 61.6 Å². The van der Waals surface area contributed by atoms with Crippen molar-refractivity contribution in [1.82, 2.24) is 10.1 Å². The highest BCUT2D eigenvalue weighted by Gasteiger charge is 2.26. The summed E-state index contributed by atoms with van der Waals surface area (Å²) in [6, 6.07) is 10.1. The van der Waals surface area contributed by atoms with Crippen molar-refractivity contribution in [2.24, 2.45) is 0 Å². The predicted molar refractivity (Wildman–Crippen MR) is 125 cm³/mol. The lowest BCUT2D eigenvalue weighted by molar-refractivity contribution is 0.0244. The number of ether oxygens (including phenoxy) is 2. The molecule has 0 saturated carbocycles. The standard InChI is InChI=1S/C25H35N3O4/c1-3-16-31-20-22(29)18-27(13-10-17-30-2)19-23-24(21-11-6-4-7-12-21)26-32-25(23)28-14-8-5-9-15-28/h1,4,6-7,11-12,22,29H,5,8-10,13-20H2,2H3. The minimum atomic E-state index is -0.635. The largest absolute Gasteiger partial charge is 0.389 e. The van der Waals surface area contributed by atoms with E-state index in [9.17, 15) is 5.11 Å². The van der Waals surface area contributed by atoms with Crippen molar-refractivity contribution in [2.45, 2.75) is 38.3 Å². The summed E-state index contributed by atoms with van der Waals surface area (Å²) in [5.41, 5.74) is 2.96. The highest BCUT2D eigenvalue weighted by atomic mass is 16.5. The normalized spacial score (nSPS) is 15.1. The SMILES string of the molecule is C#CCOCC(O)CN(CCCOC)Cc1c(-c2ccccc2)noc1N1CCCCC1. The van der Waals surface area contributed by atoms with E-state index in [2.05, 4.69) is 33.0 Å². The Morgan fingerprint density at radius 1 is 1.25 bits per heavy atom. The van der Waals surface area contributed by atoms with E-state index in [-0.39, 0.29) is 13.2 Å². The van der Waals surface area contributed by atoms with Gasteiger partial charge in [-0.3, -0.25) is 4.90 Å². The first-order chi connectivity index (χ1) is 15.7. The molecule has 3 rings (SSSR count). The van der Waals surface area contributed by atoms with Crippen LogP contribution in [0.3, 0.4) is 0 Å². The summed E-state index contributed by atoms with van der Waals surface area (Å²) in [6.45, 7) is 4.88. The van der Waals surface area contributed by atoms with Gasteiger partial charge in [-0.05, 0) is 25.7 Å². The number of aromatic nitrogens is 1. The molecule has 7 heteroatoms. The number of hydrogen-bond acceptors (Lipinski definition) is 7. The number of hydrogen-bond donors (Lipinski definition) is 1. The van der Waals surface area contributed by atoms with E-state index < -0.39 is 6.10 Å². The predicted octanol–water partition coefficient (Wildman–Crippen LogP) is 3.18. The Bertz CT molecular complexity index is 827. The number of nitrogens with zero attached hydrogens (tertiary/aromatic N) is 3. The van der Waals surface area contributed by atoms with Gasteiger partial charge in [-0.25, -0.2) is 0 Å². The van der Waals surface area contributed by atoms with Gasteiger partial charge in [-0.2, -0.15) is 0 Å². The minimum absolute atomic E-state index is 0.198. The van der Waals surface area contributed by atoms with Crippen molar-refractivity contribution >= 4 is 5.88 Å². The zero-order chi connectivity index (χ0) is 22.6. The van der Waals surface area contributed by atoms with E-state index in [1.807, 2.05) is 18.2 Å². The molecular weight excluding hydrogens is 406 g/mol. The molecule has 174 valence electrons. The molecule has 1 aliphatic heterocycles. The Balaban J connectivity index is 1.83. The van der Waals surface area contributed by atoms with Gasteiger partial charge in [0.2, 0.25) is 5.88 Å². The fourth-order valence-electron chi connectivity index (χ4n) is 4.11. The molecule has 1 atom stereocenters. The molecule has 1 aromatic carbocycles. The van der Waals surface area contributed by atoms with Gasteiger partial charge in [-0.15, -0.1) is 6.42 Å². The number of aliphatic hydroxyl groups excluding tert-OH is 1. The first-order valence-corrected chi connectivity index (χ1v) is 11.4. The Morgan fingerprint density at radius 3 is 2.75 bits per heavy atom. The lowest BCUT2D eigenvalue weighted by Gasteiger charge is -2.29. The van der Waals surface area contributed by atoms with Crippen LogP contribution in [-0.4, -0.2) is 74.4 Å². The fraction of sp³-hybridized carbons (Fsp3) is 0.560. The second-order valence-corrected chi connectivity index (χ2v) is 8.18. The Hall–Kier alpha value is -2.37. The molecular formula is C25H35N3O4. The van der Waals surface area contributed by atoms with Gasteiger partial charge in [0.15, 0.2) is 0 Å². The van der Waals surface area contributed by atoms with E-state index in [4.69, 9.17) is 20.4 Å². The van der Waals surface area contributed by atoms with Gasteiger partial charge >= 0.3 is 0 Å². The molecule has 1 fully saturated rings. The zero-order valence-electron chi connectivity index (χ0n) is 19.0. The first-order valence-electron chi connectivity index (χ1n) is 11.4. The molecule has 0 spiro atoms. The number of anilines is 1. The summed E-state index contributed by atoms with van der Waals surface area (Å²) < 4.78 is 16.5. The van der Waals surface area contributed by atoms with Gasteiger partial charge < -0.3 is 24.0 Å². The summed E-state index contributed by atoms with van der Waals surface area (Å²) >= 11 is 0. The average molecular weight is 442 g/mol. The van der Waals surface area contributed by atoms with Crippen molar-refractivity contribution < 1.29 is 19.1 Å². The maximum atomic E-state index is 10.5. The monoisotopic (exact) mass is 441 g/mol. The molecule has 7 nitrogen and oxygen atoms in total. The maximum absolute atomic E-state index is 10.5. The van der Waals surface area contributed by atoms with Crippen LogP contribution in [0.25, 0.3) is 11.3 Å². The van der Waals surface area contributed by atoms with Crippen LogP contribution in [0, 0.1) is 12.3 Å². The van der Waals surface area contributed by atoms with E-state index >= 15 is 0 Å². The minimum Gasteiger partial charge on any atom is -0.389 e. The topological polar surface area (TPSA) is 71.2 Å². The molecule has 1 saturated heterocycles. The van der Waals surface area contributed by atoms with E-state index in [1.54, 1.807) is 7.11 Å². The Morgan fingerprint density at radius 2 is 2.03 bits per heavy atom. The van der Waals surface area contributed by atoms with Crippen LogP contribution in [-0.2, 0) is 16.0 Å². The molecule has 0 amide bonds. The lowest BCUT2D eigenvalue weighted by atomic mass is 10.1. The van der Waals surface area contributed by atoms with Crippen molar-refractivity contribution in [3.8, 4) is 23.6 Å². The van der Waals surface area contributed by atoms with Gasteiger partial charge in [0, 0.05) is 52.0 Å². The van der Waals surface area contributed by atoms with Crippen molar-refractivity contribution in [1.29, 1.82) is 0 Å². The molecule has 0 aliphatic carbocycles. The second kappa shape index (κ2) is 13.2. The zero-order valence-corrected chi connectivity index (χ0v) is 19.0. The molecule has 32 heavy (non-hydrogen) atoms. The van der Waals surface area contributed by atoms with Crippen LogP contribution in [0.5, 0.6) is 0 Å². The molecule has 0 bridgehead atoms. The highest BCUT2D eigenvalue weighted by molar-refractivity contribution is 5.68. The van der Waals surface area contributed by atoms with E-state index in [0.29, 0.717) is 19.7 Å². The lowest BCUT2D eigenvalue weighted by Crippen LogP contribution is -2.36. The van der Waals surface area contributed by atoms with Crippen molar-refractivity contribution in [3.63, 3.8) is 0 Å². The Labute approximate surface area is 191 Å². The molecule has 2 aromatic rings. The van der Waals surface area contributed by atoms with Crippen molar-refractivity contribution in [3.05, 3.63) is 35.9 Å². The Kier molecular flexibility index (Phi) is 10.0. The third-order valence-electron chi connectivity index (χ3n) is 5.63. The number of rotatable bonds is 13. The van der Waals surface area contributed by atoms with Crippen LogP contribution in [0.2, 0.25) is 0 Å². The number of aliphatic hydroxyl groups is 1. The maximum Gasteiger partial charge on any atom is 0.232 e. The molecule has 1 aromatic heterocycles.